The molecule has 2 N–H and O–H groups in total. The van der Waals surface area contributed by atoms with Crippen molar-refractivity contribution in [1.29, 1.82) is 0 Å². The molecular formula is C10H14N2O. The Kier molecular flexibility index (Phi) is 3.46. The highest BCUT2D eigenvalue weighted by Crippen LogP contribution is 2.01. The fourth-order valence-corrected chi connectivity index (χ4v) is 1.09. The number of carbonyl (C=O) groups is 1. The summed E-state index contributed by atoms with van der Waals surface area (Å²) in [6, 6.07) is 9.05. The summed E-state index contributed by atoms with van der Waals surface area (Å²) in [6.45, 7) is 2.58. The van der Waals surface area contributed by atoms with Gasteiger partial charge in [0, 0.05) is 12.1 Å². The summed E-state index contributed by atoms with van der Waals surface area (Å²) in [7, 11) is 0. The van der Waals surface area contributed by atoms with Crippen LogP contribution in [0.25, 0.3) is 0 Å². The zero-order valence-corrected chi connectivity index (χ0v) is 7.73. The Morgan fingerprint density at radius 3 is 2.54 bits per heavy atom. The van der Waals surface area contributed by atoms with Gasteiger partial charge in [0.05, 0.1) is 0 Å². The van der Waals surface area contributed by atoms with Gasteiger partial charge in [-0.1, -0.05) is 25.1 Å². The molecule has 3 heteroatoms. The summed E-state index contributed by atoms with van der Waals surface area (Å²) >= 11 is 0. The van der Waals surface area contributed by atoms with Gasteiger partial charge < -0.3 is 0 Å². The first-order valence-corrected chi connectivity index (χ1v) is 4.37. The van der Waals surface area contributed by atoms with Crippen molar-refractivity contribution in [3.63, 3.8) is 0 Å². The fourth-order valence-electron chi connectivity index (χ4n) is 1.09. The van der Waals surface area contributed by atoms with Crippen molar-refractivity contribution in [2.45, 2.75) is 13.3 Å². The number of nitrogens with two attached hydrogens (primary N) is 1. The van der Waals surface area contributed by atoms with Gasteiger partial charge in [-0.3, -0.25) is 9.80 Å². The highest BCUT2D eigenvalue weighted by atomic mass is 16.2. The summed E-state index contributed by atoms with van der Waals surface area (Å²) in [5.74, 6) is 5.42. The number of benzene rings is 1. The zero-order valence-electron chi connectivity index (χ0n) is 7.73. The number of hydrogen-bond donors (Lipinski definition) is 1. The Hall–Kier alpha value is -1.35. The molecule has 0 saturated heterocycles. The second-order valence-corrected chi connectivity index (χ2v) is 2.86. The van der Waals surface area contributed by atoms with Crippen LogP contribution >= 0.6 is 0 Å². The van der Waals surface area contributed by atoms with Crippen molar-refractivity contribution >= 4 is 5.91 Å². The van der Waals surface area contributed by atoms with Crippen LogP contribution < -0.4 is 5.84 Å². The van der Waals surface area contributed by atoms with Gasteiger partial charge in [-0.25, -0.2) is 5.84 Å². The van der Waals surface area contributed by atoms with Crippen LogP contribution in [0.5, 0.6) is 0 Å². The molecule has 0 unspecified atom stereocenters. The molecule has 13 heavy (non-hydrogen) atoms. The topological polar surface area (TPSA) is 46.3 Å². The summed E-state index contributed by atoms with van der Waals surface area (Å²) in [5, 5.41) is 1.25. The van der Waals surface area contributed by atoms with Gasteiger partial charge >= 0.3 is 0 Å². The molecule has 70 valence electrons. The van der Waals surface area contributed by atoms with Crippen molar-refractivity contribution in [3.05, 3.63) is 35.9 Å². The third-order valence-electron chi connectivity index (χ3n) is 1.75. The Balaban J connectivity index is 2.68. The molecule has 0 fully saturated rings. The Bertz CT molecular complexity index is 272. The van der Waals surface area contributed by atoms with Crippen molar-refractivity contribution in [3.8, 4) is 0 Å². The Morgan fingerprint density at radius 2 is 2.00 bits per heavy atom. The standard InChI is InChI=1S/C10H14N2O/c1-2-8-12(11)10(13)9-6-4-3-5-7-9/h3-7H,2,8,11H2,1H3. The van der Waals surface area contributed by atoms with E-state index < -0.39 is 0 Å². The molecule has 1 rings (SSSR count). The molecule has 0 aliphatic carbocycles. The number of hydrogen-bond acceptors (Lipinski definition) is 2. The molecule has 0 spiro atoms. The van der Waals surface area contributed by atoms with Crippen molar-refractivity contribution in [1.82, 2.24) is 5.01 Å². The minimum absolute atomic E-state index is 0.123. The van der Waals surface area contributed by atoms with Gasteiger partial charge in [-0.05, 0) is 18.6 Å². The highest BCUT2D eigenvalue weighted by molar-refractivity contribution is 5.93. The van der Waals surface area contributed by atoms with Crippen LogP contribution in [0.2, 0.25) is 0 Å². The van der Waals surface area contributed by atoms with Crippen LogP contribution in [0, 0.1) is 0 Å². The molecule has 0 bridgehead atoms. The molecule has 1 aromatic carbocycles. The largest absolute Gasteiger partial charge is 0.277 e. The summed E-state index contributed by atoms with van der Waals surface area (Å²) in [4.78, 5) is 11.5. The minimum atomic E-state index is -0.123. The molecule has 0 saturated carbocycles. The maximum Gasteiger partial charge on any atom is 0.267 e. The quantitative estimate of drug-likeness (QED) is 0.432. The lowest BCUT2D eigenvalue weighted by Crippen LogP contribution is -2.37. The first-order valence-electron chi connectivity index (χ1n) is 4.37. The molecule has 1 aromatic rings. The van der Waals surface area contributed by atoms with E-state index in [2.05, 4.69) is 0 Å². The van der Waals surface area contributed by atoms with Crippen LogP contribution in [0.4, 0.5) is 0 Å². The summed E-state index contributed by atoms with van der Waals surface area (Å²) < 4.78 is 0. The van der Waals surface area contributed by atoms with Gasteiger partial charge in [0.1, 0.15) is 0 Å². The van der Waals surface area contributed by atoms with Crippen LogP contribution in [0.15, 0.2) is 30.3 Å². The van der Waals surface area contributed by atoms with Crippen molar-refractivity contribution in [2.75, 3.05) is 6.54 Å². The molecule has 0 aliphatic rings. The second-order valence-electron chi connectivity index (χ2n) is 2.86. The summed E-state index contributed by atoms with van der Waals surface area (Å²) in [5.41, 5.74) is 0.637. The van der Waals surface area contributed by atoms with E-state index in [4.69, 9.17) is 5.84 Å². The average molecular weight is 178 g/mol. The van der Waals surface area contributed by atoms with E-state index in [1.54, 1.807) is 12.1 Å². The van der Waals surface area contributed by atoms with Gasteiger partial charge in [-0.2, -0.15) is 0 Å². The SMILES string of the molecule is CCCN(N)C(=O)c1ccccc1. The summed E-state index contributed by atoms with van der Waals surface area (Å²) in [6.07, 6.45) is 0.870. The first kappa shape index (κ1) is 9.74. The predicted octanol–water partition coefficient (Wildman–Crippen LogP) is 1.41. The van der Waals surface area contributed by atoms with E-state index in [0.717, 1.165) is 6.42 Å². The van der Waals surface area contributed by atoms with Crippen LogP contribution in [0.3, 0.4) is 0 Å². The average Bonchev–Trinajstić information content (AvgIpc) is 2.18. The number of amides is 1. The van der Waals surface area contributed by atoms with E-state index in [1.165, 1.54) is 5.01 Å². The second kappa shape index (κ2) is 4.62. The van der Waals surface area contributed by atoms with Gasteiger partial charge in [0.15, 0.2) is 0 Å². The number of carbonyl (C=O) groups excluding carboxylic acids is 1. The smallest absolute Gasteiger partial charge is 0.267 e. The third-order valence-corrected chi connectivity index (χ3v) is 1.75. The third kappa shape index (κ3) is 2.56. The van der Waals surface area contributed by atoms with Gasteiger partial charge in [0.25, 0.3) is 5.91 Å². The predicted molar refractivity (Wildman–Crippen MR) is 52.0 cm³/mol. The van der Waals surface area contributed by atoms with Crippen molar-refractivity contribution < 1.29 is 4.79 Å². The Morgan fingerprint density at radius 1 is 1.38 bits per heavy atom. The van der Waals surface area contributed by atoms with E-state index in [-0.39, 0.29) is 5.91 Å². The number of rotatable bonds is 3. The maximum absolute atomic E-state index is 11.5. The molecule has 0 aromatic heterocycles. The lowest BCUT2D eigenvalue weighted by atomic mass is 10.2. The molecule has 0 heterocycles. The fraction of sp³-hybridized carbons (Fsp3) is 0.300. The molecule has 1 amide bonds. The lowest BCUT2D eigenvalue weighted by Gasteiger charge is -2.14. The van der Waals surface area contributed by atoms with Crippen LogP contribution in [-0.2, 0) is 0 Å². The Labute approximate surface area is 78.1 Å². The monoisotopic (exact) mass is 178 g/mol. The molecule has 0 atom stereocenters. The highest BCUT2D eigenvalue weighted by Gasteiger charge is 2.09. The van der Waals surface area contributed by atoms with Crippen LogP contribution in [-0.4, -0.2) is 17.5 Å². The number of nitrogens with zero attached hydrogens (tertiary/aromatic N) is 1. The van der Waals surface area contributed by atoms with E-state index in [0.29, 0.717) is 12.1 Å². The molecular weight excluding hydrogens is 164 g/mol. The van der Waals surface area contributed by atoms with Gasteiger partial charge in [-0.15, -0.1) is 0 Å². The minimum Gasteiger partial charge on any atom is -0.277 e. The van der Waals surface area contributed by atoms with Crippen LogP contribution in [0.1, 0.15) is 23.7 Å². The molecule has 3 nitrogen and oxygen atoms in total. The van der Waals surface area contributed by atoms with E-state index >= 15 is 0 Å². The van der Waals surface area contributed by atoms with E-state index in [9.17, 15) is 4.79 Å². The maximum atomic E-state index is 11.5. The number of hydrazine groups is 1. The first-order chi connectivity index (χ1) is 6.25. The molecule has 0 aliphatic heterocycles. The van der Waals surface area contributed by atoms with E-state index in [1.807, 2.05) is 25.1 Å². The van der Waals surface area contributed by atoms with Gasteiger partial charge in [0.2, 0.25) is 0 Å². The van der Waals surface area contributed by atoms with Crippen molar-refractivity contribution in [2.24, 2.45) is 5.84 Å². The zero-order chi connectivity index (χ0) is 9.68. The lowest BCUT2D eigenvalue weighted by molar-refractivity contribution is 0.0755. The molecule has 0 radical (unpaired) electrons. The normalized spacial score (nSPS) is 9.69.